The molecule has 2 aromatic carbocycles. The molecule has 1 atom stereocenters. The van der Waals surface area contributed by atoms with Gasteiger partial charge in [0, 0.05) is 30.8 Å². The lowest BCUT2D eigenvalue weighted by molar-refractivity contribution is -0.117. The minimum atomic E-state index is -3.69. The molecule has 0 bridgehead atoms. The van der Waals surface area contributed by atoms with Gasteiger partial charge in [0.1, 0.15) is 11.5 Å². The second kappa shape index (κ2) is 9.28. The van der Waals surface area contributed by atoms with Gasteiger partial charge in [0.05, 0.1) is 19.1 Å². The quantitative estimate of drug-likeness (QED) is 0.746. The van der Waals surface area contributed by atoms with Crippen LogP contribution in [0.4, 0.5) is 5.69 Å². The van der Waals surface area contributed by atoms with Gasteiger partial charge in [-0.3, -0.25) is 4.79 Å². The van der Waals surface area contributed by atoms with Crippen molar-refractivity contribution in [3.05, 3.63) is 48.5 Å². The summed E-state index contributed by atoms with van der Waals surface area (Å²) < 4.78 is 38.0. The molecule has 1 aliphatic heterocycles. The van der Waals surface area contributed by atoms with E-state index in [-0.39, 0.29) is 23.3 Å². The van der Waals surface area contributed by atoms with Crippen molar-refractivity contribution in [3.63, 3.8) is 0 Å². The molecule has 7 nitrogen and oxygen atoms in total. The van der Waals surface area contributed by atoms with Crippen molar-refractivity contribution >= 4 is 21.6 Å². The van der Waals surface area contributed by atoms with Crippen molar-refractivity contribution in [1.29, 1.82) is 0 Å². The zero-order chi connectivity index (χ0) is 20.9. The Kier molecular flexibility index (Phi) is 6.76. The standard InChI is InChI=1S/C21H26N2O5S/c1-27-18-9-11-20(12-10-18)29(25,26)23-13-4-3-7-17(23)15-21(24)22-16-6-5-8-19(14-16)28-2/h5-6,8-12,14,17H,3-4,7,13,15H2,1-2H3,(H,22,24)/t17-/m0/s1. The van der Waals surface area contributed by atoms with Crippen molar-refractivity contribution in [1.82, 2.24) is 4.31 Å². The number of hydrogen-bond donors (Lipinski definition) is 1. The topological polar surface area (TPSA) is 84.9 Å². The number of amides is 1. The number of nitrogens with one attached hydrogen (secondary N) is 1. The molecule has 0 aromatic heterocycles. The van der Waals surface area contributed by atoms with Crippen LogP contribution in [0.25, 0.3) is 0 Å². The second-order valence-corrected chi connectivity index (χ2v) is 8.82. The number of sulfonamides is 1. The third kappa shape index (κ3) is 5.07. The van der Waals surface area contributed by atoms with E-state index in [0.717, 1.165) is 12.8 Å². The number of piperidine rings is 1. The lowest BCUT2D eigenvalue weighted by Crippen LogP contribution is -2.45. The van der Waals surface area contributed by atoms with Gasteiger partial charge in [-0.15, -0.1) is 0 Å². The van der Waals surface area contributed by atoms with E-state index in [2.05, 4.69) is 5.32 Å². The highest BCUT2D eigenvalue weighted by molar-refractivity contribution is 7.89. The third-order valence-electron chi connectivity index (χ3n) is 5.01. The van der Waals surface area contributed by atoms with Crippen LogP contribution < -0.4 is 14.8 Å². The Hall–Kier alpha value is -2.58. The number of carbonyl (C=O) groups is 1. The Morgan fingerprint density at radius 3 is 2.48 bits per heavy atom. The predicted molar refractivity (Wildman–Crippen MR) is 111 cm³/mol. The number of nitrogens with zero attached hydrogens (tertiary/aromatic N) is 1. The SMILES string of the molecule is COc1ccc(S(=O)(=O)N2CCCC[C@H]2CC(=O)Nc2cccc(OC)c2)cc1. The monoisotopic (exact) mass is 418 g/mol. The minimum Gasteiger partial charge on any atom is -0.497 e. The Morgan fingerprint density at radius 2 is 1.79 bits per heavy atom. The molecule has 0 unspecified atom stereocenters. The van der Waals surface area contributed by atoms with E-state index in [0.29, 0.717) is 30.2 Å². The molecule has 1 amide bonds. The van der Waals surface area contributed by atoms with E-state index in [9.17, 15) is 13.2 Å². The summed E-state index contributed by atoms with van der Waals surface area (Å²) >= 11 is 0. The first-order valence-electron chi connectivity index (χ1n) is 9.54. The maximum absolute atomic E-state index is 13.2. The largest absolute Gasteiger partial charge is 0.497 e. The molecule has 1 fully saturated rings. The van der Waals surface area contributed by atoms with Gasteiger partial charge in [-0.05, 0) is 49.2 Å². The average Bonchev–Trinajstić information content (AvgIpc) is 2.74. The van der Waals surface area contributed by atoms with E-state index in [1.165, 1.54) is 23.5 Å². The summed E-state index contributed by atoms with van der Waals surface area (Å²) in [5, 5.41) is 2.83. The number of carbonyl (C=O) groups excluding carboxylic acids is 1. The molecule has 8 heteroatoms. The van der Waals surface area contributed by atoms with Gasteiger partial charge in [0.15, 0.2) is 0 Å². The summed E-state index contributed by atoms with van der Waals surface area (Å²) in [7, 11) is -0.594. The van der Waals surface area contributed by atoms with Gasteiger partial charge < -0.3 is 14.8 Å². The van der Waals surface area contributed by atoms with Crippen LogP contribution in [0.15, 0.2) is 53.4 Å². The average molecular weight is 419 g/mol. The zero-order valence-electron chi connectivity index (χ0n) is 16.6. The van der Waals surface area contributed by atoms with Gasteiger partial charge in [0.25, 0.3) is 0 Å². The lowest BCUT2D eigenvalue weighted by Gasteiger charge is -2.34. The summed E-state index contributed by atoms with van der Waals surface area (Å²) in [6.07, 6.45) is 2.43. The van der Waals surface area contributed by atoms with E-state index in [4.69, 9.17) is 9.47 Å². The number of anilines is 1. The fourth-order valence-electron chi connectivity index (χ4n) is 3.50. The molecule has 156 valence electrons. The molecular formula is C21H26N2O5S. The first-order valence-corrected chi connectivity index (χ1v) is 11.0. The van der Waals surface area contributed by atoms with Crippen LogP contribution in [0, 0.1) is 0 Å². The molecular weight excluding hydrogens is 392 g/mol. The first kappa shape index (κ1) is 21.1. The summed E-state index contributed by atoms with van der Waals surface area (Å²) in [6, 6.07) is 13.0. The van der Waals surface area contributed by atoms with E-state index >= 15 is 0 Å². The van der Waals surface area contributed by atoms with E-state index < -0.39 is 10.0 Å². The van der Waals surface area contributed by atoms with Gasteiger partial charge in [-0.1, -0.05) is 12.5 Å². The molecule has 0 radical (unpaired) electrons. The van der Waals surface area contributed by atoms with Crippen molar-refractivity contribution in [2.24, 2.45) is 0 Å². The Bertz CT molecular complexity index is 944. The summed E-state index contributed by atoms with van der Waals surface area (Å²) in [4.78, 5) is 12.8. The van der Waals surface area contributed by atoms with Gasteiger partial charge >= 0.3 is 0 Å². The fourth-order valence-corrected chi connectivity index (χ4v) is 5.20. The van der Waals surface area contributed by atoms with Gasteiger partial charge in [-0.25, -0.2) is 8.42 Å². The van der Waals surface area contributed by atoms with E-state index in [1.54, 1.807) is 43.5 Å². The molecule has 29 heavy (non-hydrogen) atoms. The van der Waals surface area contributed by atoms with Crippen molar-refractivity contribution in [2.75, 3.05) is 26.1 Å². The number of benzene rings is 2. The zero-order valence-corrected chi connectivity index (χ0v) is 17.4. The first-order chi connectivity index (χ1) is 13.9. The van der Waals surface area contributed by atoms with Crippen LogP contribution in [0.1, 0.15) is 25.7 Å². The summed E-state index contributed by atoms with van der Waals surface area (Å²) in [5.41, 5.74) is 0.620. The normalized spacial score (nSPS) is 17.5. The molecule has 0 spiro atoms. The van der Waals surface area contributed by atoms with Crippen LogP contribution >= 0.6 is 0 Å². The van der Waals surface area contributed by atoms with Crippen LogP contribution in [-0.2, 0) is 14.8 Å². The Morgan fingerprint density at radius 1 is 1.07 bits per heavy atom. The van der Waals surface area contributed by atoms with Crippen molar-refractivity contribution in [3.8, 4) is 11.5 Å². The highest BCUT2D eigenvalue weighted by Gasteiger charge is 2.34. The van der Waals surface area contributed by atoms with Gasteiger partial charge in [0.2, 0.25) is 15.9 Å². The number of methoxy groups -OCH3 is 2. The highest BCUT2D eigenvalue weighted by atomic mass is 32.2. The van der Waals surface area contributed by atoms with Crippen LogP contribution in [0.5, 0.6) is 11.5 Å². The molecule has 0 aliphatic carbocycles. The maximum atomic E-state index is 13.2. The fraction of sp³-hybridized carbons (Fsp3) is 0.381. The molecule has 1 aliphatic rings. The van der Waals surface area contributed by atoms with Gasteiger partial charge in [-0.2, -0.15) is 4.31 Å². The van der Waals surface area contributed by atoms with Crippen LogP contribution in [0.2, 0.25) is 0 Å². The summed E-state index contributed by atoms with van der Waals surface area (Å²) in [5.74, 6) is 1.01. The van der Waals surface area contributed by atoms with Crippen LogP contribution in [-0.4, -0.2) is 45.4 Å². The van der Waals surface area contributed by atoms with Crippen molar-refractivity contribution < 1.29 is 22.7 Å². The molecule has 3 rings (SSSR count). The molecule has 2 aromatic rings. The number of hydrogen-bond acceptors (Lipinski definition) is 5. The highest BCUT2D eigenvalue weighted by Crippen LogP contribution is 2.28. The maximum Gasteiger partial charge on any atom is 0.243 e. The Labute approximate surface area is 171 Å². The van der Waals surface area contributed by atoms with Crippen LogP contribution in [0.3, 0.4) is 0 Å². The Balaban J connectivity index is 1.73. The minimum absolute atomic E-state index is 0.104. The second-order valence-electron chi connectivity index (χ2n) is 6.93. The summed E-state index contributed by atoms with van der Waals surface area (Å²) in [6.45, 7) is 0.408. The smallest absolute Gasteiger partial charge is 0.243 e. The molecule has 1 heterocycles. The van der Waals surface area contributed by atoms with Crippen molar-refractivity contribution in [2.45, 2.75) is 36.6 Å². The lowest BCUT2D eigenvalue weighted by atomic mass is 10.0. The number of ether oxygens (including phenoxy) is 2. The molecule has 0 saturated carbocycles. The third-order valence-corrected chi connectivity index (χ3v) is 6.98. The predicted octanol–water partition coefficient (Wildman–Crippen LogP) is 3.28. The molecule has 1 N–H and O–H groups in total. The van der Waals surface area contributed by atoms with E-state index in [1.807, 2.05) is 0 Å². The molecule has 1 saturated heterocycles. The number of rotatable bonds is 7.